The van der Waals surface area contributed by atoms with Crippen molar-refractivity contribution in [3.8, 4) is 5.88 Å². The Kier molecular flexibility index (Phi) is 2.32. The molecule has 1 aromatic carbocycles. The lowest BCUT2D eigenvalue weighted by Crippen LogP contribution is -1.82. The molecule has 0 aliphatic rings. The number of ether oxygens (including phenoxy) is 1. The highest BCUT2D eigenvalue weighted by molar-refractivity contribution is 7.13. The Labute approximate surface area is 89.2 Å². The summed E-state index contributed by atoms with van der Waals surface area (Å²) in [5.41, 5.74) is 0. The summed E-state index contributed by atoms with van der Waals surface area (Å²) in [4.78, 5) is 0. The Morgan fingerprint density at radius 1 is 1.38 bits per heavy atom. The Morgan fingerprint density at radius 2 is 2.15 bits per heavy atom. The molecule has 0 saturated carbocycles. The predicted molar refractivity (Wildman–Crippen MR) is 56.2 cm³/mol. The van der Waals surface area contributed by atoms with Gasteiger partial charge >= 0.3 is 0 Å². The van der Waals surface area contributed by atoms with Crippen LogP contribution in [0.1, 0.15) is 0 Å². The zero-order valence-corrected chi connectivity index (χ0v) is 9.00. The molecule has 0 aliphatic heterocycles. The van der Waals surface area contributed by atoms with Crippen LogP contribution in [0, 0.1) is 0 Å². The molecule has 2 nitrogen and oxygen atoms in total. The van der Waals surface area contributed by atoms with E-state index in [2.05, 4.69) is 4.37 Å². The highest BCUT2D eigenvalue weighted by Gasteiger charge is 2.12. The fraction of sp³-hybridized carbons (Fsp3) is 0.125. The number of aromatic nitrogens is 1. The maximum atomic E-state index is 6.01. The molecule has 2 rings (SSSR count). The van der Waals surface area contributed by atoms with E-state index in [4.69, 9.17) is 27.9 Å². The molecule has 2 aromatic rings. The third kappa shape index (κ3) is 1.37. The van der Waals surface area contributed by atoms with E-state index in [9.17, 15) is 0 Å². The van der Waals surface area contributed by atoms with E-state index in [1.54, 1.807) is 13.2 Å². The topological polar surface area (TPSA) is 22.1 Å². The Morgan fingerprint density at radius 3 is 2.85 bits per heavy atom. The number of nitrogens with zero attached hydrogens (tertiary/aromatic N) is 1. The van der Waals surface area contributed by atoms with Crippen molar-refractivity contribution in [2.24, 2.45) is 0 Å². The summed E-state index contributed by atoms with van der Waals surface area (Å²) in [5.74, 6) is 0.535. The van der Waals surface area contributed by atoms with Crippen LogP contribution in [0.15, 0.2) is 12.1 Å². The van der Waals surface area contributed by atoms with Crippen molar-refractivity contribution >= 4 is 44.8 Å². The lowest BCUT2D eigenvalue weighted by molar-refractivity contribution is 0.407. The molecule has 0 N–H and O–H groups in total. The second-order valence-corrected chi connectivity index (χ2v) is 4.02. The smallest absolute Gasteiger partial charge is 0.234 e. The number of fused-ring (bicyclic) bond motifs is 1. The molecule has 0 unspecified atom stereocenters. The van der Waals surface area contributed by atoms with Gasteiger partial charge in [-0.05, 0) is 23.7 Å². The first-order valence-electron chi connectivity index (χ1n) is 3.51. The van der Waals surface area contributed by atoms with Crippen LogP contribution in [0.3, 0.4) is 0 Å². The van der Waals surface area contributed by atoms with Crippen molar-refractivity contribution in [1.82, 2.24) is 4.37 Å². The van der Waals surface area contributed by atoms with E-state index in [-0.39, 0.29) is 0 Å². The molecule has 1 heterocycles. The van der Waals surface area contributed by atoms with Crippen LogP contribution in [-0.4, -0.2) is 11.5 Å². The molecule has 0 saturated heterocycles. The van der Waals surface area contributed by atoms with Gasteiger partial charge in [-0.1, -0.05) is 23.2 Å². The zero-order chi connectivity index (χ0) is 9.42. The van der Waals surface area contributed by atoms with Gasteiger partial charge < -0.3 is 4.74 Å². The summed E-state index contributed by atoms with van der Waals surface area (Å²) >= 11 is 13.2. The van der Waals surface area contributed by atoms with Crippen molar-refractivity contribution < 1.29 is 4.74 Å². The number of hydrogen-bond donors (Lipinski definition) is 0. The van der Waals surface area contributed by atoms with Gasteiger partial charge in [-0.15, -0.1) is 0 Å². The normalized spacial score (nSPS) is 10.7. The molecule has 5 heteroatoms. The third-order valence-corrected chi connectivity index (χ3v) is 3.29. The summed E-state index contributed by atoms with van der Waals surface area (Å²) < 4.78 is 10.1. The minimum absolute atomic E-state index is 0.504. The van der Waals surface area contributed by atoms with Gasteiger partial charge in [-0.3, -0.25) is 0 Å². The lowest BCUT2D eigenvalue weighted by Gasteiger charge is -1.98. The summed E-state index contributed by atoms with van der Waals surface area (Å²) in [6.07, 6.45) is 0. The number of halogens is 2. The number of benzene rings is 1. The molecule has 0 radical (unpaired) electrons. The Balaban J connectivity index is 2.85. The highest BCUT2D eigenvalue weighted by atomic mass is 35.5. The van der Waals surface area contributed by atoms with Gasteiger partial charge in [-0.25, -0.2) is 0 Å². The molecule has 0 atom stereocenters. The van der Waals surface area contributed by atoms with Gasteiger partial charge in [0.05, 0.1) is 27.2 Å². The van der Waals surface area contributed by atoms with Crippen LogP contribution in [0.4, 0.5) is 0 Å². The molecule has 13 heavy (non-hydrogen) atoms. The largest absolute Gasteiger partial charge is 0.480 e. The van der Waals surface area contributed by atoms with E-state index in [1.807, 2.05) is 6.07 Å². The summed E-state index contributed by atoms with van der Waals surface area (Å²) in [5, 5.41) is 1.82. The maximum absolute atomic E-state index is 6.01. The van der Waals surface area contributed by atoms with Gasteiger partial charge in [0.15, 0.2) is 0 Å². The molecular weight excluding hydrogens is 229 g/mol. The van der Waals surface area contributed by atoms with Gasteiger partial charge in [0.1, 0.15) is 0 Å². The average Bonchev–Trinajstić information content (AvgIpc) is 2.55. The summed E-state index contributed by atoms with van der Waals surface area (Å²) in [6.45, 7) is 0. The molecule has 0 spiro atoms. The van der Waals surface area contributed by atoms with E-state index in [0.717, 1.165) is 10.1 Å². The average molecular weight is 234 g/mol. The first-order valence-corrected chi connectivity index (χ1v) is 5.04. The standard InChI is InChI=1S/C8H5Cl2NOS/c1-12-8-6-5(13-11-8)3-2-4(9)7(6)10/h2-3H,1H3. The molecule has 68 valence electrons. The van der Waals surface area contributed by atoms with Crippen molar-refractivity contribution in [3.05, 3.63) is 22.2 Å². The van der Waals surface area contributed by atoms with Crippen molar-refractivity contribution in [2.45, 2.75) is 0 Å². The highest BCUT2D eigenvalue weighted by Crippen LogP contribution is 2.38. The second-order valence-electron chi connectivity index (χ2n) is 2.43. The molecule has 0 fully saturated rings. The Hall–Kier alpha value is -0.510. The minimum atomic E-state index is 0.504. The van der Waals surface area contributed by atoms with Crippen molar-refractivity contribution in [1.29, 1.82) is 0 Å². The third-order valence-electron chi connectivity index (χ3n) is 1.69. The molecular formula is C8H5Cl2NOS. The quantitative estimate of drug-likeness (QED) is 0.751. The summed E-state index contributed by atoms with van der Waals surface area (Å²) in [6, 6.07) is 3.63. The molecule has 0 amide bonds. The molecule has 1 aromatic heterocycles. The predicted octanol–water partition coefficient (Wildman–Crippen LogP) is 3.61. The first kappa shape index (κ1) is 9.06. The second kappa shape index (κ2) is 3.33. The summed E-state index contributed by atoms with van der Waals surface area (Å²) in [7, 11) is 1.56. The molecule has 0 bridgehead atoms. The van der Waals surface area contributed by atoms with Gasteiger partial charge in [0.25, 0.3) is 0 Å². The fourth-order valence-electron chi connectivity index (χ4n) is 1.08. The van der Waals surface area contributed by atoms with Crippen LogP contribution in [0.2, 0.25) is 10.0 Å². The van der Waals surface area contributed by atoms with Gasteiger partial charge in [0.2, 0.25) is 5.88 Å². The van der Waals surface area contributed by atoms with E-state index in [1.165, 1.54) is 11.5 Å². The van der Waals surface area contributed by atoms with Gasteiger partial charge in [-0.2, -0.15) is 4.37 Å². The Bertz CT molecular complexity index is 455. The first-order chi connectivity index (χ1) is 6.24. The molecule has 0 aliphatic carbocycles. The van der Waals surface area contributed by atoms with Crippen LogP contribution in [0.25, 0.3) is 10.1 Å². The SMILES string of the molecule is COc1nsc2ccc(Cl)c(Cl)c12. The minimum Gasteiger partial charge on any atom is -0.480 e. The number of methoxy groups -OCH3 is 1. The maximum Gasteiger partial charge on any atom is 0.234 e. The van der Waals surface area contributed by atoms with Crippen molar-refractivity contribution in [3.63, 3.8) is 0 Å². The van der Waals surface area contributed by atoms with E-state index >= 15 is 0 Å². The number of rotatable bonds is 1. The van der Waals surface area contributed by atoms with Crippen LogP contribution in [0.5, 0.6) is 5.88 Å². The lowest BCUT2D eigenvalue weighted by atomic mass is 10.3. The zero-order valence-electron chi connectivity index (χ0n) is 6.67. The number of hydrogen-bond acceptors (Lipinski definition) is 3. The van der Waals surface area contributed by atoms with Crippen LogP contribution in [-0.2, 0) is 0 Å². The monoisotopic (exact) mass is 233 g/mol. The van der Waals surface area contributed by atoms with Gasteiger partial charge in [0, 0.05) is 0 Å². The van der Waals surface area contributed by atoms with Crippen LogP contribution >= 0.6 is 34.7 Å². The van der Waals surface area contributed by atoms with Crippen LogP contribution < -0.4 is 4.74 Å². The fourth-order valence-corrected chi connectivity index (χ4v) is 2.30. The van der Waals surface area contributed by atoms with E-state index < -0.39 is 0 Å². The van der Waals surface area contributed by atoms with Crippen molar-refractivity contribution in [2.75, 3.05) is 7.11 Å². The van der Waals surface area contributed by atoms with E-state index in [0.29, 0.717) is 15.9 Å².